The van der Waals surface area contributed by atoms with Gasteiger partial charge in [0.05, 0.1) is 6.54 Å². The summed E-state index contributed by atoms with van der Waals surface area (Å²) in [6.45, 7) is 1.62. The molecule has 2 heterocycles. The number of hydrazine groups is 1. The molecule has 6 heteroatoms. The van der Waals surface area contributed by atoms with E-state index < -0.39 is 0 Å². The zero-order chi connectivity index (χ0) is 10.7. The lowest BCUT2D eigenvalue weighted by Gasteiger charge is -2.12. The number of cyclic esters (lactones) is 1. The van der Waals surface area contributed by atoms with Gasteiger partial charge in [0.2, 0.25) is 0 Å². The van der Waals surface area contributed by atoms with Crippen LogP contribution in [0.1, 0.15) is 5.56 Å². The lowest BCUT2D eigenvalue weighted by molar-refractivity contribution is 0.157. The van der Waals surface area contributed by atoms with E-state index in [4.69, 9.17) is 10.6 Å². The molecule has 0 atom stereocenters. The van der Waals surface area contributed by atoms with Crippen molar-refractivity contribution in [1.82, 2.24) is 9.88 Å². The number of anilines is 1. The van der Waals surface area contributed by atoms with Crippen LogP contribution in [-0.2, 0) is 11.3 Å². The molecule has 0 aromatic carbocycles. The van der Waals surface area contributed by atoms with Crippen LogP contribution < -0.4 is 11.3 Å². The summed E-state index contributed by atoms with van der Waals surface area (Å²) in [6, 6.07) is 3.64. The quantitative estimate of drug-likeness (QED) is 0.552. The van der Waals surface area contributed by atoms with E-state index in [0.29, 0.717) is 25.5 Å². The minimum atomic E-state index is -0.269. The summed E-state index contributed by atoms with van der Waals surface area (Å²) in [6.07, 6.45) is 1.38. The zero-order valence-electron chi connectivity index (χ0n) is 8.14. The molecule has 6 nitrogen and oxygen atoms in total. The Morgan fingerprint density at radius 2 is 2.53 bits per heavy atom. The molecule has 1 aromatic heterocycles. The topological polar surface area (TPSA) is 80.5 Å². The molecular weight excluding hydrogens is 196 g/mol. The van der Waals surface area contributed by atoms with Gasteiger partial charge in [0.25, 0.3) is 0 Å². The second kappa shape index (κ2) is 4.14. The van der Waals surface area contributed by atoms with Gasteiger partial charge in [-0.05, 0) is 17.7 Å². The molecule has 1 aliphatic rings. The number of ether oxygens (including phenoxy) is 1. The predicted octanol–water partition coefficient (Wildman–Crippen LogP) is 0.319. The van der Waals surface area contributed by atoms with Crippen molar-refractivity contribution in [3.05, 3.63) is 23.9 Å². The Morgan fingerprint density at radius 1 is 1.67 bits per heavy atom. The summed E-state index contributed by atoms with van der Waals surface area (Å²) in [7, 11) is 0. The van der Waals surface area contributed by atoms with Crippen molar-refractivity contribution in [2.24, 2.45) is 5.84 Å². The van der Waals surface area contributed by atoms with Crippen LogP contribution in [-0.4, -0.2) is 29.1 Å². The average Bonchev–Trinajstić information content (AvgIpc) is 2.65. The number of nitrogens with zero attached hydrogens (tertiary/aromatic N) is 2. The number of amides is 1. The largest absolute Gasteiger partial charge is 0.448 e. The number of hydrogen-bond donors (Lipinski definition) is 2. The molecule has 2 rings (SSSR count). The van der Waals surface area contributed by atoms with Gasteiger partial charge in [0, 0.05) is 12.7 Å². The maximum atomic E-state index is 11.2. The molecule has 0 saturated carbocycles. The number of carbonyl (C=O) groups is 1. The SMILES string of the molecule is NNc1cc(CN2CCOC2=O)ccn1. The number of rotatable bonds is 3. The molecule has 1 saturated heterocycles. The standard InChI is InChI=1S/C9H12N4O2/c10-12-8-5-7(1-2-11-8)6-13-3-4-15-9(13)14/h1-2,5H,3-4,6,10H2,(H,11,12). The highest BCUT2D eigenvalue weighted by molar-refractivity contribution is 5.69. The van der Waals surface area contributed by atoms with Gasteiger partial charge in [0.1, 0.15) is 12.4 Å². The van der Waals surface area contributed by atoms with Crippen LogP contribution in [0, 0.1) is 0 Å². The van der Waals surface area contributed by atoms with Gasteiger partial charge < -0.3 is 15.1 Å². The fourth-order valence-corrected chi connectivity index (χ4v) is 1.44. The van der Waals surface area contributed by atoms with Crippen molar-refractivity contribution >= 4 is 11.9 Å². The maximum Gasteiger partial charge on any atom is 0.410 e. The predicted molar refractivity (Wildman–Crippen MR) is 53.8 cm³/mol. The number of nitrogens with one attached hydrogen (secondary N) is 1. The average molecular weight is 208 g/mol. The molecule has 0 radical (unpaired) electrons. The van der Waals surface area contributed by atoms with Gasteiger partial charge >= 0.3 is 6.09 Å². The Labute approximate surface area is 87.0 Å². The Bertz CT molecular complexity index is 369. The van der Waals surface area contributed by atoms with E-state index in [1.54, 1.807) is 17.2 Å². The summed E-state index contributed by atoms with van der Waals surface area (Å²) >= 11 is 0. The van der Waals surface area contributed by atoms with Crippen molar-refractivity contribution in [2.75, 3.05) is 18.6 Å². The lowest BCUT2D eigenvalue weighted by atomic mass is 10.2. The van der Waals surface area contributed by atoms with Gasteiger partial charge in [-0.3, -0.25) is 0 Å². The molecule has 80 valence electrons. The molecule has 1 fully saturated rings. The first-order valence-electron chi connectivity index (χ1n) is 4.63. The van der Waals surface area contributed by atoms with Gasteiger partial charge in [0.15, 0.2) is 0 Å². The molecule has 1 aromatic rings. The van der Waals surface area contributed by atoms with Crippen LogP contribution in [0.2, 0.25) is 0 Å². The van der Waals surface area contributed by atoms with Crippen molar-refractivity contribution < 1.29 is 9.53 Å². The normalized spacial score (nSPS) is 15.3. The van der Waals surface area contributed by atoms with Gasteiger partial charge in [-0.15, -0.1) is 0 Å². The molecule has 1 aliphatic heterocycles. The second-order valence-electron chi connectivity index (χ2n) is 3.23. The van der Waals surface area contributed by atoms with E-state index in [1.165, 1.54) is 0 Å². The highest BCUT2D eigenvalue weighted by Gasteiger charge is 2.21. The highest BCUT2D eigenvalue weighted by Crippen LogP contribution is 2.12. The second-order valence-corrected chi connectivity index (χ2v) is 3.23. The van der Waals surface area contributed by atoms with Crippen LogP contribution in [0.3, 0.4) is 0 Å². The fraction of sp³-hybridized carbons (Fsp3) is 0.333. The van der Waals surface area contributed by atoms with Crippen LogP contribution in [0.4, 0.5) is 10.6 Å². The number of pyridine rings is 1. The van der Waals surface area contributed by atoms with Crippen molar-refractivity contribution in [3.8, 4) is 0 Å². The van der Waals surface area contributed by atoms with E-state index in [1.807, 2.05) is 6.07 Å². The molecule has 3 N–H and O–H groups in total. The van der Waals surface area contributed by atoms with Gasteiger partial charge in [-0.2, -0.15) is 0 Å². The number of carbonyl (C=O) groups excluding carboxylic acids is 1. The number of nitrogen functional groups attached to an aromatic ring is 1. The van der Waals surface area contributed by atoms with E-state index in [2.05, 4.69) is 10.4 Å². The van der Waals surface area contributed by atoms with Crippen molar-refractivity contribution in [3.63, 3.8) is 0 Å². The van der Waals surface area contributed by atoms with Gasteiger partial charge in [-0.25, -0.2) is 15.6 Å². The number of hydrogen-bond acceptors (Lipinski definition) is 5. The van der Waals surface area contributed by atoms with Crippen LogP contribution in [0.15, 0.2) is 18.3 Å². The minimum Gasteiger partial charge on any atom is -0.448 e. The first-order valence-corrected chi connectivity index (χ1v) is 4.63. The Balaban J connectivity index is 2.06. The van der Waals surface area contributed by atoms with Crippen molar-refractivity contribution in [1.29, 1.82) is 0 Å². The molecule has 15 heavy (non-hydrogen) atoms. The smallest absolute Gasteiger partial charge is 0.410 e. The van der Waals surface area contributed by atoms with Crippen LogP contribution in [0.5, 0.6) is 0 Å². The summed E-state index contributed by atoms with van der Waals surface area (Å²) in [5.41, 5.74) is 3.43. The van der Waals surface area contributed by atoms with Crippen LogP contribution >= 0.6 is 0 Å². The lowest BCUT2D eigenvalue weighted by Crippen LogP contribution is -2.23. The van der Waals surface area contributed by atoms with Crippen LogP contribution in [0.25, 0.3) is 0 Å². The zero-order valence-corrected chi connectivity index (χ0v) is 8.14. The molecule has 0 aliphatic carbocycles. The van der Waals surface area contributed by atoms with Gasteiger partial charge in [-0.1, -0.05) is 0 Å². The van der Waals surface area contributed by atoms with E-state index in [9.17, 15) is 4.79 Å². The first-order chi connectivity index (χ1) is 7.29. The van der Waals surface area contributed by atoms with Crippen molar-refractivity contribution in [2.45, 2.75) is 6.54 Å². The molecule has 0 spiro atoms. The summed E-state index contributed by atoms with van der Waals surface area (Å²) in [4.78, 5) is 16.8. The van der Waals surface area contributed by atoms with E-state index >= 15 is 0 Å². The third kappa shape index (κ3) is 2.16. The highest BCUT2D eigenvalue weighted by atomic mass is 16.6. The molecule has 1 amide bonds. The number of aromatic nitrogens is 1. The first kappa shape index (κ1) is 9.72. The molecule has 0 unspecified atom stereocenters. The van der Waals surface area contributed by atoms with E-state index in [-0.39, 0.29) is 6.09 Å². The number of nitrogens with two attached hydrogens (primary N) is 1. The summed E-state index contributed by atoms with van der Waals surface area (Å²) in [5.74, 6) is 5.82. The Morgan fingerprint density at radius 3 is 3.20 bits per heavy atom. The Hall–Kier alpha value is -1.82. The molecule has 0 bridgehead atoms. The minimum absolute atomic E-state index is 0.269. The maximum absolute atomic E-state index is 11.2. The third-order valence-corrected chi connectivity index (χ3v) is 2.19. The summed E-state index contributed by atoms with van der Waals surface area (Å²) in [5, 5.41) is 0. The summed E-state index contributed by atoms with van der Waals surface area (Å²) < 4.78 is 4.83. The Kier molecular flexibility index (Phi) is 2.68. The molecular formula is C9H12N4O2. The van der Waals surface area contributed by atoms with E-state index in [0.717, 1.165) is 5.56 Å². The fourth-order valence-electron chi connectivity index (χ4n) is 1.44. The monoisotopic (exact) mass is 208 g/mol. The third-order valence-electron chi connectivity index (χ3n) is 2.19.